The number of hydrogen-bond donors (Lipinski definition) is 1. The molecule has 2 rings (SSSR count). The largest absolute Gasteiger partial charge is 0.302 e. The predicted octanol–water partition coefficient (Wildman–Crippen LogP) is 4.23. The van der Waals surface area contributed by atoms with E-state index in [0.717, 1.165) is 20.5 Å². The first kappa shape index (κ1) is 14.4. The molecule has 3 nitrogen and oxygen atoms in total. The lowest BCUT2D eigenvalue weighted by atomic mass is 10.4. The van der Waals surface area contributed by atoms with Gasteiger partial charge in [0, 0.05) is 33.2 Å². The number of carbonyl (C=O) groups excluding carboxylic acids is 1. The number of nitrogens with one attached hydrogen (secondary N) is 1. The van der Waals surface area contributed by atoms with Gasteiger partial charge in [-0.1, -0.05) is 11.6 Å². The van der Waals surface area contributed by atoms with E-state index < -0.39 is 0 Å². The van der Waals surface area contributed by atoms with Crippen LogP contribution in [0, 0.1) is 6.92 Å². The van der Waals surface area contributed by atoms with Crippen molar-refractivity contribution >= 4 is 45.7 Å². The Morgan fingerprint density at radius 2 is 2.16 bits per heavy atom. The number of thiazole rings is 1. The van der Waals surface area contributed by atoms with E-state index >= 15 is 0 Å². The average molecular weight is 313 g/mol. The second-order valence-corrected chi connectivity index (χ2v) is 6.72. The molecule has 0 atom stereocenters. The Balaban J connectivity index is 1.73. The summed E-state index contributed by atoms with van der Waals surface area (Å²) in [7, 11) is 0. The van der Waals surface area contributed by atoms with Gasteiger partial charge in [-0.05, 0) is 31.2 Å². The van der Waals surface area contributed by atoms with Crippen LogP contribution in [0.2, 0.25) is 5.02 Å². The van der Waals surface area contributed by atoms with Crippen LogP contribution in [0.15, 0.2) is 35.4 Å². The van der Waals surface area contributed by atoms with Crippen LogP contribution in [0.3, 0.4) is 0 Å². The minimum absolute atomic E-state index is 0.00388. The maximum Gasteiger partial charge on any atom is 0.226 e. The lowest BCUT2D eigenvalue weighted by Gasteiger charge is -2.02. The van der Waals surface area contributed by atoms with E-state index in [9.17, 15) is 4.79 Å². The molecule has 0 unspecified atom stereocenters. The van der Waals surface area contributed by atoms with Gasteiger partial charge in [-0.3, -0.25) is 4.79 Å². The molecule has 2 aromatic rings. The second kappa shape index (κ2) is 6.93. The summed E-state index contributed by atoms with van der Waals surface area (Å²) < 4.78 is 0. The highest BCUT2D eigenvalue weighted by Gasteiger charge is 2.05. The van der Waals surface area contributed by atoms with Crippen LogP contribution in [-0.2, 0) is 4.79 Å². The smallest absolute Gasteiger partial charge is 0.226 e. The summed E-state index contributed by atoms with van der Waals surface area (Å²) in [5.41, 5.74) is 0. The number of anilines is 1. The molecule has 1 aromatic heterocycles. The van der Waals surface area contributed by atoms with E-state index in [4.69, 9.17) is 11.6 Å². The fourth-order valence-corrected chi connectivity index (χ4v) is 3.05. The molecule has 0 spiro atoms. The Morgan fingerprint density at radius 3 is 2.79 bits per heavy atom. The number of benzene rings is 1. The van der Waals surface area contributed by atoms with Crippen molar-refractivity contribution in [3.8, 4) is 0 Å². The van der Waals surface area contributed by atoms with Crippen molar-refractivity contribution in [2.45, 2.75) is 18.2 Å². The van der Waals surface area contributed by atoms with Crippen LogP contribution in [0.4, 0.5) is 5.13 Å². The fourth-order valence-electron chi connectivity index (χ4n) is 1.39. The quantitative estimate of drug-likeness (QED) is 0.840. The summed E-state index contributed by atoms with van der Waals surface area (Å²) in [5.74, 6) is 0.730. The molecule has 0 aliphatic rings. The molecular formula is C13H13ClN2OS2. The van der Waals surface area contributed by atoms with Gasteiger partial charge in [-0.2, -0.15) is 0 Å². The third kappa shape index (κ3) is 4.86. The van der Waals surface area contributed by atoms with Crippen LogP contribution in [-0.4, -0.2) is 16.6 Å². The van der Waals surface area contributed by atoms with Crippen molar-refractivity contribution in [3.05, 3.63) is 40.4 Å². The average Bonchev–Trinajstić information content (AvgIpc) is 2.77. The number of nitrogens with zero attached hydrogens (tertiary/aromatic N) is 1. The standard InChI is InChI=1S/C13H13ClN2OS2/c1-9-8-15-13(19-9)16-12(17)6-7-18-11-4-2-10(14)3-5-11/h2-5,8H,6-7H2,1H3,(H,15,16,17). The van der Waals surface area contributed by atoms with E-state index in [1.54, 1.807) is 18.0 Å². The number of aryl methyl sites for hydroxylation is 1. The number of halogens is 1. The van der Waals surface area contributed by atoms with Gasteiger partial charge < -0.3 is 5.32 Å². The van der Waals surface area contributed by atoms with Crippen LogP contribution >= 0.6 is 34.7 Å². The first-order valence-corrected chi connectivity index (χ1v) is 7.92. The van der Waals surface area contributed by atoms with Gasteiger partial charge in [0.05, 0.1) is 0 Å². The maximum atomic E-state index is 11.7. The Kier molecular flexibility index (Phi) is 5.24. The zero-order chi connectivity index (χ0) is 13.7. The van der Waals surface area contributed by atoms with E-state index in [1.165, 1.54) is 11.3 Å². The molecule has 0 fully saturated rings. The molecule has 1 N–H and O–H groups in total. The Morgan fingerprint density at radius 1 is 1.42 bits per heavy atom. The maximum absolute atomic E-state index is 11.7. The predicted molar refractivity (Wildman–Crippen MR) is 82.3 cm³/mol. The third-order valence-corrected chi connectivity index (χ3v) is 4.37. The highest BCUT2D eigenvalue weighted by atomic mass is 35.5. The summed E-state index contributed by atoms with van der Waals surface area (Å²) in [5, 5.41) is 4.18. The van der Waals surface area contributed by atoms with Crippen LogP contribution in [0.25, 0.3) is 0 Å². The van der Waals surface area contributed by atoms with Crippen molar-refractivity contribution in [2.75, 3.05) is 11.1 Å². The van der Waals surface area contributed by atoms with Crippen LogP contribution in [0.1, 0.15) is 11.3 Å². The summed E-state index contributed by atoms with van der Waals surface area (Å²) in [4.78, 5) is 18.0. The Hall–Kier alpha value is -1.04. The molecule has 0 saturated carbocycles. The van der Waals surface area contributed by atoms with Crippen molar-refractivity contribution < 1.29 is 4.79 Å². The summed E-state index contributed by atoms with van der Waals surface area (Å²) in [6.07, 6.45) is 2.22. The van der Waals surface area contributed by atoms with E-state index in [1.807, 2.05) is 31.2 Å². The van der Waals surface area contributed by atoms with Gasteiger partial charge in [0.15, 0.2) is 5.13 Å². The highest BCUT2D eigenvalue weighted by molar-refractivity contribution is 7.99. The molecule has 0 aliphatic carbocycles. The molecule has 0 radical (unpaired) electrons. The van der Waals surface area contributed by atoms with Gasteiger partial charge >= 0.3 is 0 Å². The summed E-state index contributed by atoms with van der Waals surface area (Å²) in [6.45, 7) is 1.96. The van der Waals surface area contributed by atoms with Crippen LogP contribution < -0.4 is 5.32 Å². The molecule has 19 heavy (non-hydrogen) atoms. The summed E-state index contributed by atoms with van der Waals surface area (Å²) >= 11 is 8.93. The molecule has 0 aliphatic heterocycles. The van der Waals surface area contributed by atoms with Crippen molar-refractivity contribution in [1.29, 1.82) is 0 Å². The Bertz CT molecular complexity index is 554. The normalized spacial score (nSPS) is 10.4. The molecule has 1 amide bonds. The first-order chi connectivity index (χ1) is 9.13. The van der Waals surface area contributed by atoms with Gasteiger partial charge in [-0.25, -0.2) is 4.98 Å². The monoisotopic (exact) mass is 312 g/mol. The second-order valence-electron chi connectivity index (χ2n) is 3.88. The third-order valence-electron chi connectivity index (χ3n) is 2.28. The molecule has 100 valence electrons. The number of thioether (sulfide) groups is 1. The fraction of sp³-hybridized carbons (Fsp3) is 0.231. The molecule has 0 saturated heterocycles. The Labute approximate surface area is 125 Å². The van der Waals surface area contributed by atoms with Gasteiger partial charge in [-0.15, -0.1) is 23.1 Å². The topological polar surface area (TPSA) is 42.0 Å². The lowest BCUT2D eigenvalue weighted by Crippen LogP contribution is -2.11. The molecule has 1 aromatic carbocycles. The number of rotatable bonds is 5. The number of aromatic nitrogens is 1. The van der Waals surface area contributed by atoms with Gasteiger partial charge in [0.2, 0.25) is 5.91 Å². The van der Waals surface area contributed by atoms with Gasteiger partial charge in [0.25, 0.3) is 0 Å². The minimum atomic E-state index is -0.00388. The first-order valence-electron chi connectivity index (χ1n) is 5.74. The minimum Gasteiger partial charge on any atom is -0.302 e. The highest BCUT2D eigenvalue weighted by Crippen LogP contribution is 2.21. The van der Waals surface area contributed by atoms with Gasteiger partial charge in [0.1, 0.15) is 0 Å². The van der Waals surface area contributed by atoms with E-state index in [0.29, 0.717) is 11.6 Å². The van der Waals surface area contributed by atoms with E-state index in [-0.39, 0.29) is 5.91 Å². The molecule has 1 heterocycles. The number of hydrogen-bond acceptors (Lipinski definition) is 4. The lowest BCUT2D eigenvalue weighted by molar-refractivity contribution is -0.115. The zero-order valence-electron chi connectivity index (χ0n) is 10.4. The van der Waals surface area contributed by atoms with Crippen LogP contribution in [0.5, 0.6) is 0 Å². The molecule has 0 bridgehead atoms. The number of amides is 1. The SMILES string of the molecule is Cc1cnc(NC(=O)CCSc2ccc(Cl)cc2)s1. The number of carbonyl (C=O) groups is 1. The molecule has 6 heteroatoms. The van der Waals surface area contributed by atoms with E-state index in [2.05, 4.69) is 10.3 Å². The summed E-state index contributed by atoms with van der Waals surface area (Å²) in [6, 6.07) is 7.61. The van der Waals surface area contributed by atoms with Crippen molar-refractivity contribution in [2.24, 2.45) is 0 Å². The van der Waals surface area contributed by atoms with Crippen molar-refractivity contribution in [3.63, 3.8) is 0 Å². The molecular weight excluding hydrogens is 300 g/mol. The zero-order valence-corrected chi connectivity index (χ0v) is 12.7. The van der Waals surface area contributed by atoms with Crippen molar-refractivity contribution in [1.82, 2.24) is 4.98 Å².